The second kappa shape index (κ2) is 6.22. The first-order valence-corrected chi connectivity index (χ1v) is 8.80. The summed E-state index contributed by atoms with van der Waals surface area (Å²) in [6, 6.07) is 6.48. The number of rotatable bonds is 4. The van der Waals surface area contributed by atoms with E-state index in [4.69, 9.17) is 4.42 Å². The number of benzene rings is 1. The van der Waals surface area contributed by atoms with Gasteiger partial charge in [0.15, 0.2) is 0 Å². The molecule has 0 N–H and O–H groups in total. The summed E-state index contributed by atoms with van der Waals surface area (Å²) in [5.41, 5.74) is 4.79. The fraction of sp³-hybridized carbons (Fsp3) is 0.312. The molecule has 0 saturated heterocycles. The lowest BCUT2D eigenvalue weighted by molar-refractivity contribution is 0.466. The van der Waals surface area contributed by atoms with Gasteiger partial charge in [-0.1, -0.05) is 35.5 Å². The van der Waals surface area contributed by atoms with Crippen LogP contribution in [0.2, 0.25) is 0 Å². The molecule has 2 heterocycles. The highest BCUT2D eigenvalue weighted by Gasteiger charge is 2.15. The zero-order valence-corrected chi connectivity index (χ0v) is 14.6. The Balaban J connectivity index is 1.75. The number of hydrogen-bond acceptors (Lipinski definition) is 6. The molecule has 0 atom stereocenters. The average Bonchev–Trinajstić information content (AvgIpc) is 3.06. The van der Waals surface area contributed by atoms with Crippen LogP contribution < -0.4 is 0 Å². The monoisotopic (exact) mass is 331 g/mol. The minimum atomic E-state index is 0.562. The molecular formula is C16H17N3OS2. The minimum Gasteiger partial charge on any atom is -0.410 e. The van der Waals surface area contributed by atoms with E-state index < -0.39 is 0 Å². The predicted octanol–water partition coefficient (Wildman–Crippen LogP) is 4.72. The first-order chi connectivity index (χ1) is 10.5. The molecule has 114 valence electrons. The third-order valence-corrected chi connectivity index (χ3v) is 5.29. The molecule has 3 rings (SSSR count). The van der Waals surface area contributed by atoms with Gasteiger partial charge in [-0.15, -0.1) is 21.5 Å². The molecule has 0 unspecified atom stereocenters. The van der Waals surface area contributed by atoms with Gasteiger partial charge in [0.25, 0.3) is 11.1 Å². The summed E-state index contributed by atoms with van der Waals surface area (Å²) < 4.78 is 5.77. The van der Waals surface area contributed by atoms with Crippen LogP contribution in [-0.4, -0.2) is 15.2 Å². The summed E-state index contributed by atoms with van der Waals surface area (Å²) in [4.78, 5) is 5.36. The Kier molecular flexibility index (Phi) is 4.31. The molecule has 22 heavy (non-hydrogen) atoms. The van der Waals surface area contributed by atoms with Crippen molar-refractivity contribution in [1.82, 2.24) is 15.2 Å². The molecule has 0 amide bonds. The SMILES string of the molecule is Cc1ccc(C)c(CSc2nnc(-c3sc(C)nc3C)o2)c1. The molecule has 3 aromatic rings. The van der Waals surface area contributed by atoms with Gasteiger partial charge in [-0.25, -0.2) is 4.98 Å². The quantitative estimate of drug-likeness (QED) is 0.648. The van der Waals surface area contributed by atoms with Crippen molar-refractivity contribution in [3.8, 4) is 10.8 Å². The van der Waals surface area contributed by atoms with Crippen molar-refractivity contribution in [2.75, 3.05) is 0 Å². The Morgan fingerprint density at radius 3 is 2.68 bits per heavy atom. The summed E-state index contributed by atoms with van der Waals surface area (Å²) in [5.74, 6) is 1.39. The Morgan fingerprint density at radius 2 is 1.95 bits per heavy atom. The molecule has 6 heteroatoms. The molecule has 1 aromatic carbocycles. The van der Waals surface area contributed by atoms with Gasteiger partial charge in [-0.3, -0.25) is 0 Å². The smallest absolute Gasteiger partial charge is 0.277 e. The van der Waals surface area contributed by atoms with Gasteiger partial charge >= 0.3 is 0 Å². The molecule has 0 bridgehead atoms. The summed E-state index contributed by atoms with van der Waals surface area (Å²) in [6.45, 7) is 8.17. The van der Waals surface area contributed by atoms with E-state index >= 15 is 0 Å². The summed E-state index contributed by atoms with van der Waals surface area (Å²) >= 11 is 3.15. The van der Waals surface area contributed by atoms with Crippen molar-refractivity contribution in [3.05, 3.63) is 45.6 Å². The predicted molar refractivity (Wildman–Crippen MR) is 90.4 cm³/mol. The molecule has 0 fully saturated rings. The molecule has 2 aromatic heterocycles. The summed E-state index contributed by atoms with van der Waals surface area (Å²) in [6.07, 6.45) is 0. The maximum absolute atomic E-state index is 5.77. The lowest BCUT2D eigenvalue weighted by Crippen LogP contribution is -1.87. The topological polar surface area (TPSA) is 51.8 Å². The number of aromatic nitrogens is 3. The highest BCUT2D eigenvalue weighted by molar-refractivity contribution is 7.98. The lowest BCUT2D eigenvalue weighted by atomic mass is 10.1. The molecule has 0 aliphatic carbocycles. The van der Waals surface area contributed by atoms with Crippen LogP contribution in [0.15, 0.2) is 27.8 Å². The molecule has 0 aliphatic rings. The second-order valence-electron chi connectivity index (χ2n) is 5.24. The number of thioether (sulfide) groups is 1. The number of nitrogens with zero attached hydrogens (tertiary/aromatic N) is 3. The van der Waals surface area contributed by atoms with Crippen molar-refractivity contribution in [2.45, 2.75) is 38.7 Å². The number of aryl methyl sites for hydroxylation is 4. The van der Waals surface area contributed by atoms with Crippen molar-refractivity contribution in [3.63, 3.8) is 0 Å². The van der Waals surface area contributed by atoms with Gasteiger partial charge in [0.05, 0.1) is 10.7 Å². The van der Waals surface area contributed by atoms with Crippen LogP contribution in [-0.2, 0) is 5.75 Å². The molecular weight excluding hydrogens is 314 g/mol. The van der Waals surface area contributed by atoms with E-state index in [1.54, 1.807) is 23.1 Å². The normalized spacial score (nSPS) is 11.1. The third-order valence-electron chi connectivity index (χ3n) is 3.36. The first-order valence-electron chi connectivity index (χ1n) is 7.00. The van der Waals surface area contributed by atoms with E-state index in [1.165, 1.54) is 16.7 Å². The van der Waals surface area contributed by atoms with Crippen molar-refractivity contribution >= 4 is 23.1 Å². The minimum absolute atomic E-state index is 0.562. The van der Waals surface area contributed by atoms with E-state index in [0.717, 1.165) is 21.3 Å². The highest BCUT2D eigenvalue weighted by Crippen LogP contribution is 2.31. The second-order valence-corrected chi connectivity index (χ2v) is 7.37. The van der Waals surface area contributed by atoms with Crippen molar-refractivity contribution < 1.29 is 4.42 Å². The Bertz CT molecular complexity index is 808. The first kappa shape index (κ1) is 15.2. The molecule has 0 aliphatic heterocycles. The van der Waals surface area contributed by atoms with Crippen LogP contribution in [0, 0.1) is 27.7 Å². The zero-order chi connectivity index (χ0) is 15.7. The van der Waals surface area contributed by atoms with Gasteiger partial charge in [0.2, 0.25) is 0 Å². The molecule has 4 nitrogen and oxygen atoms in total. The van der Waals surface area contributed by atoms with E-state index in [1.807, 2.05) is 13.8 Å². The maximum Gasteiger partial charge on any atom is 0.277 e. The van der Waals surface area contributed by atoms with Gasteiger partial charge in [0, 0.05) is 5.75 Å². The Hall–Kier alpha value is -1.66. The maximum atomic E-state index is 5.77. The fourth-order valence-corrected chi connectivity index (χ4v) is 3.85. The summed E-state index contributed by atoms with van der Waals surface area (Å²) in [5, 5.41) is 9.89. The Morgan fingerprint density at radius 1 is 1.14 bits per heavy atom. The van der Waals surface area contributed by atoms with Crippen molar-refractivity contribution in [1.29, 1.82) is 0 Å². The summed E-state index contributed by atoms with van der Waals surface area (Å²) in [7, 11) is 0. The average molecular weight is 331 g/mol. The van der Waals surface area contributed by atoms with Crippen LogP contribution in [0.4, 0.5) is 0 Å². The van der Waals surface area contributed by atoms with Gasteiger partial charge in [-0.05, 0) is 38.8 Å². The van der Waals surface area contributed by atoms with E-state index in [2.05, 4.69) is 47.2 Å². The zero-order valence-electron chi connectivity index (χ0n) is 13.0. The molecule has 0 spiro atoms. The fourth-order valence-electron chi connectivity index (χ4n) is 2.18. The van der Waals surface area contributed by atoms with Gasteiger partial charge < -0.3 is 4.42 Å². The number of thiazole rings is 1. The molecule has 0 saturated carbocycles. The van der Waals surface area contributed by atoms with E-state index in [9.17, 15) is 0 Å². The van der Waals surface area contributed by atoms with Crippen LogP contribution in [0.3, 0.4) is 0 Å². The highest BCUT2D eigenvalue weighted by atomic mass is 32.2. The van der Waals surface area contributed by atoms with Crippen LogP contribution >= 0.6 is 23.1 Å². The number of hydrogen-bond donors (Lipinski definition) is 0. The molecule has 0 radical (unpaired) electrons. The van der Waals surface area contributed by atoms with Crippen LogP contribution in [0.5, 0.6) is 0 Å². The van der Waals surface area contributed by atoms with Gasteiger partial charge in [-0.2, -0.15) is 0 Å². The lowest BCUT2D eigenvalue weighted by Gasteiger charge is -2.04. The van der Waals surface area contributed by atoms with Crippen molar-refractivity contribution in [2.24, 2.45) is 0 Å². The largest absolute Gasteiger partial charge is 0.410 e. The van der Waals surface area contributed by atoms with Crippen LogP contribution in [0.1, 0.15) is 27.4 Å². The third kappa shape index (κ3) is 3.23. The van der Waals surface area contributed by atoms with E-state index in [0.29, 0.717) is 11.1 Å². The van der Waals surface area contributed by atoms with E-state index in [-0.39, 0.29) is 0 Å². The van der Waals surface area contributed by atoms with Gasteiger partial charge in [0.1, 0.15) is 4.88 Å². The van der Waals surface area contributed by atoms with Crippen LogP contribution in [0.25, 0.3) is 10.8 Å². The standard InChI is InChI=1S/C16H17N3OS2/c1-9-5-6-10(2)13(7-9)8-21-16-19-18-15(20-16)14-11(3)17-12(4)22-14/h5-7H,8H2,1-4H3. The Labute approximate surface area is 138 Å².